The number of hydrogen-bond acceptors (Lipinski definition) is 5. The Balaban J connectivity index is 1.41. The highest BCUT2D eigenvalue weighted by molar-refractivity contribution is 5.12. The maximum absolute atomic E-state index is 5.72. The highest BCUT2D eigenvalue weighted by atomic mass is 16.5. The van der Waals surface area contributed by atoms with Gasteiger partial charge in [-0.1, -0.05) is 0 Å². The Labute approximate surface area is 128 Å². The molecule has 4 aliphatic heterocycles. The average molecular weight is 294 g/mol. The van der Waals surface area contributed by atoms with Gasteiger partial charge in [-0.2, -0.15) is 0 Å². The van der Waals surface area contributed by atoms with Crippen molar-refractivity contribution in [2.45, 2.75) is 30.5 Å². The van der Waals surface area contributed by atoms with Crippen LogP contribution >= 0.6 is 0 Å². The van der Waals surface area contributed by atoms with Crippen molar-refractivity contribution in [3.8, 4) is 0 Å². The van der Waals surface area contributed by atoms with Crippen molar-refractivity contribution in [3.05, 3.63) is 0 Å². The third kappa shape index (κ3) is 2.53. The van der Waals surface area contributed by atoms with Gasteiger partial charge in [-0.3, -0.25) is 9.80 Å². The Morgan fingerprint density at radius 2 is 1.67 bits per heavy atom. The summed E-state index contributed by atoms with van der Waals surface area (Å²) in [5.74, 6) is 0. The van der Waals surface area contributed by atoms with Crippen LogP contribution in [0.25, 0.3) is 0 Å². The van der Waals surface area contributed by atoms with Gasteiger partial charge in [0.15, 0.2) is 0 Å². The van der Waals surface area contributed by atoms with Gasteiger partial charge in [-0.25, -0.2) is 0 Å². The molecule has 5 nitrogen and oxygen atoms in total. The molecule has 0 saturated carbocycles. The Morgan fingerprint density at radius 3 is 2.43 bits per heavy atom. The van der Waals surface area contributed by atoms with Gasteiger partial charge in [0.25, 0.3) is 0 Å². The summed E-state index contributed by atoms with van der Waals surface area (Å²) in [6.45, 7) is 10.5. The zero-order valence-electron chi connectivity index (χ0n) is 13.6. The number of piperidine rings is 1. The van der Waals surface area contributed by atoms with Crippen molar-refractivity contribution in [1.82, 2.24) is 19.6 Å². The lowest BCUT2D eigenvalue weighted by Crippen LogP contribution is -2.81. The molecule has 5 heteroatoms. The Hall–Kier alpha value is -0.200. The molecule has 0 bridgehead atoms. The van der Waals surface area contributed by atoms with Gasteiger partial charge in [0, 0.05) is 44.8 Å². The lowest BCUT2D eigenvalue weighted by Gasteiger charge is -2.64. The highest BCUT2D eigenvalue weighted by Crippen LogP contribution is 2.37. The zero-order valence-corrected chi connectivity index (χ0v) is 13.6. The first kappa shape index (κ1) is 14.4. The average Bonchev–Trinajstić information content (AvgIpc) is 2.45. The highest BCUT2D eigenvalue weighted by Gasteiger charge is 2.54. The maximum Gasteiger partial charge on any atom is 0.0635 e. The number of fused-ring (bicyclic) bond motifs is 2. The van der Waals surface area contributed by atoms with Crippen LogP contribution in [0.15, 0.2) is 0 Å². The molecule has 0 N–H and O–H groups in total. The monoisotopic (exact) mass is 294 g/mol. The largest absolute Gasteiger partial charge is 0.378 e. The van der Waals surface area contributed by atoms with Crippen molar-refractivity contribution in [2.24, 2.45) is 0 Å². The number of nitrogens with zero attached hydrogens (tertiary/aromatic N) is 4. The van der Waals surface area contributed by atoms with E-state index in [-0.39, 0.29) is 0 Å². The van der Waals surface area contributed by atoms with Crippen LogP contribution in [-0.2, 0) is 4.74 Å². The van der Waals surface area contributed by atoms with Crippen molar-refractivity contribution >= 4 is 0 Å². The van der Waals surface area contributed by atoms with Gasteiger partial charge in [-0.05, 0) is 40.0 Å². The van der Waals surface area contributed by atoms with Crippen molar-refractivity contribution in [2.75, 3.05) is 73.1 Å². The zero-order chi connectivity index (χ0) is 14.4. The van der Waals surface area contributed by atoms with Crippen LogP contribution in [0, 0.1) is 0 Å². The van der Waals surface area contributed by atoms with E-state index in [2.05, 4.69) is 33.7 Å². The standard InChI is InChI=1S/C16H30N4O/c1-17-5-3-14(4-6-17)19-12-16(13-19)11-18(2)9-15-10-21-8-7-20(15)16/h14-15H,3-13H2,1-2H3. The minimum Gasteiger partial charge on any atom is -0.378 e. The normalized spacial score (nSPS) is 36.6. The second-order valence-corrected chi connectivity index (χ2v) is 7.78. The summed E-state index contributed by atoms with van der Waals surface area (Å²) >= 11 is 0. The second kappa shape index (κ2) is 5.46. The third-order valence-electron chi connectivity index (χ3n) is 6.12. The van der Waals surface area contributed by atoms with E-state index in [0.717, 1.165) is 25.8 Å². The summed E-state index contributed by atoms with van der Waals surface area (Å²) in [7, 11) is 4.54. The van der Waals surface area contributed by atoms with Crippen LogP contribution in [-0.4, -0.2) is 110 Å². The molecule has 0 amide bonds. The van der Waals surface area contributed by atoms with Gasteiger partial charge in [0.2, 0.25) is 0 Å². The molecule has 0 aliphatic carbocycles. The first-order valence-electron chi connectivity index (χ1n) is 8.62. The Bertz CT molecular complexity index is 376. The third-order valence-corrected chi connectivity index (χ3v) is 6.12. The molecule has 0 aromatic carbocycles. The van der Waals surface area contributed by atoms with Crippen molar-refractivity contribution in [3.63, 3.8) is 0 Å². The van der Waals surface area contributed by atoms with Gasteiger partial charge < -0.3 is 14.5 Å². The number of piperazine rings is 1. The molecule has 1 unspecified atom stereocenters. The number of rotatable bonds is 1. The topological polar surface area (TPSA) is 22.2 Å². The summed E-state index contributed by atoms with van der Waals surface area (Å²) < 4.78 is 5.72. The summed E-state index contributed by atoms with van der Waals surface area (Å²) in [4.78, 5) is 10.6. The van der Waals surface area contributed by atoms with Crippen LogP contribution in [0.4, 0.5) is 0 Å². The molecule has 4 saturated heterocycles. The second-order valence-electron chi connectivity index (χ2n) is 7.78. The molecule has 1 spiro atoms. The summed E-state index contributed by atoms with van der Waals surface area (Å²) in [6, 6.07) is 1.45. The number of likely N-dealkylation sites (N-methyl/N-ethyl adjacent to an activating group) is 1. The smallest absolute Gasteiger partial charge is 0.0635 e. The van der Waals surface area contributed by atoms with E-state index in [9.17, 15) is 0 Å². The Kier molecular flexibility index (Phi) is 3.74. The first-order valence-corrected chi connectivity index (χ1v) is 8.62. The molecular weight excluding hydrogens is 264 g/mol. The molecule has 1 atom stereocenters. The molecule has 120 valence electrons. The fourth-order valence-corrected chi connectivity index (χ4v) is 5.06. The summed E-state index contributed by atoms with van der Waals surface area (Å²) in [6.07, 6.45) is 2.71. The lowest BCUT2D eigenvalue weighted by molar-refractivity contribution is -0.172. The summed E-state index contributed by atoms with van der Waals surface area (Å²) in [5.41, 5.74) is 0.421. The first-order chi connectivity index (χ1) is 10.2. The van der Waals surface area contributed by atoms with Crippen LogP contribution in [0.1, 0.15) is 12.8 Å². The van der Waals surface area contributed by atoms with Crippen LogP contribution in [0.3, 0.4) is 0 Å². The van der Waals surface area contributed by atoms with E-state index < -0.39 is 0 Å². The molecule has 21 heavy (non-hydrogen) atoms. The molecular formula is C16H30N4O. The van der Waals surface area contributed by atoms with E-state index in [1.54, 1.807) is 0 Å². The van der Waals surface area contributed by atoms with Gasteiger partial charge >= 0.3 is 0 Å². The number of ether oxygens (including phenoxy) is 1. The number of morpholine rings is 1. The predicted molar refractivity (Wildman–Crippen MR) is 83.6 cm³/mol. The number of likely N-dealkylation sites (tertiary alicyclic amines) is 2. The molecule has 4 aliphatic rings. The van der Waals surface area contributed by atoms with E-state index in [0.29, 0.717) is 11.6 Å². The molecule has 0 aromatic rings. The van der Waals surface area contributed by atoms with Crippen LogP contribution < -0.4 is 0 Å². The quantitative estimate of drug-likeness (QED) is 0.665. The van der Waals surface area contributed by atoms with Gasteiger partial charge in [0.05, 0.1) is 18.8 Å². The number of hydrogen-bond donors (Lipinski definition) is 0. The minimum atomic E-state index is 0.421. The van der Waals surface area contributed by atoms with E-state index >= 15 is 0 Å². The van der Waals surface area contributed by atoms with E-state index in [1.807, 2.05) is 0 Å². The minimum absolute atomic E-state index is 0.421. The van der Waals surface area contributed by atoms with E-state index in [1.165, 1.54) is 52.1 Å². The van der Waals surface area contributed by atoms with Crippen molar-refractivity contribution < 1.29 is 4.74 Å². The van der Waals surface area contributed by atoms with Gasteiger partial charge in [0.1, 0.15) is 0 Å². The Morgan fingerprint density at radius 1 is 0.905 bits per heavy atom. The molecule has 4 fully saturated rings. The lowest BCUT2D eigenvalue weighted by atomic mass is 9.80. The predicted octanol–water partition coefficient (Wildman–Crippen LogP) is -0.219. The van der Waals surface area contributed by atoms with Crippen molar-refractivity contribution in [1.29, 1.82) is 0 Å². The fraction of sp³-hybridized carbons (Fsp3) is 1.00. The molecule has 4 rings (SSSR count). The van der Waals surface area contributed by atoms with E-state index in [4.69, 9.17) is 4.74 Å². The molecule has 0 aromatic heterocycles. The SMILES string of the molecule is CN1CCC(N2CC3(CN(C)CC4COCCN43)C2)CC1. The molecule has 0 radical (unpaired) electrons. The van der Waals surface area contributed by atoms with Crippen LogP contribution in [0.2, 0.25) is 0 Å². The fourth-order valence-electron chi connectivity index (χ4n) is 5.06. The molecule has 4 heterocycles. The maximum atomic E-state index is 5.72. The van der Waals surface area contributed by atoms with Crippen LogP contribution in [0.5, 0.6) is 0 Å². The van der Waals surface area contributed by atoms with Gasteiger partial charge in [-0.15, -0.1) is 0 Å². The summed E-state index contributed by atoms with van der Waals surface area (Å²) in [5, 5.41) is 0.